The number of nitrogens with zero attached hydrogens (tertiary/aromatic N) is 3. The molecule has 1 fully saturated rings. The minimum Gasteiger partial charge on any atom is -0.337 e. The Labute approximate surface area is 169 Å². The zero-order chi connectivity index (χ0) is 19.7. The SMILES string of the molecule is CC(C)c1ccc(CN2C(=O)CCC2c2nc(-c3ccc(Cl)cc3)no2)cc1. The van der Waals surface area contributed by atoms with Crippen LogP contribution in [0.2, 0.25) is 5.02 Å². The van der Waals surface area contributed by atoms with Gasteiger partial charge in [0.15, 0.2) is 0 Å². The monoisotopic (exact) mass is 395 g/mol. The first kappa shape index (κ1) is 18.7. The van der Waals surface area contributed by atoms with E-state index in [9.17, 15) is 4.79 Å². The molecule has 0 saturated carbocycles. The molecule has 4 rings (SSSR count). The van der Waals surface area contributed by atoms with Crippen LogP contribution >= 0.6 is 11.6 Å². The third-order valence-electron chi connectivity index (χ3n) is 5.16. The summed E-state index contributed by atoms with van der Waals surface area (Å²) >= 11 is 5.94. The Morgan fingerprint density at radius 3 is 2.54 bits per heavy atom. The fraction of sp³-hybridized carbons (Fsp3) is 0.318. The summed E-state index contributed by atoms with van der Waals surface area (Å²) < 4.78 is 5.51. The standard InChI is InChI=1S/C22H22ClN3O2/c1-14(2)16-5-3-15(4-6-16)13-26-19(11-12-20(26)27)22-24-21(25-28-22)17-7-9-18(23)10-8-17/h3-10,14,19H,11-13H2,1-2H3. The Morgan fingerprint density at radius 1 is 1.14 bits per heavy atom. The van der Waals surface area contributed by atoms with E-state index < -0.39 is 0 Å². The van der Waals surface area contributed by atoms with E-state index in [1.165, 1.54) is 5.56 Å². The number of likely N-dealkylation sites (tertiary alicyclic amines) is 1. The minimum atomic E-state index is -0.189. The molecule has 6 heteroatoms. The summed E-state index contributed by atoms with van der Waals surface area (Å²) in [6.07, 6.45) is 1.18. The van der Waals surface area contributed by atoms with E-state index in [1.807, 2.05) is 17.0 Å². The number of halogens is 1. The molecule has 0 aliphatic carbocycles. The summed E-state index contributed by atoms with van der Waals surface area (Å²) in [5.74, 6) is 1.59. The quantitative estimate of drug-likeness (QED) is 0.582. The first-order chi connectivity index (χ1) is 13.5. The summed E-state index contributed by atoms with van der Waals surface area (Å²) in [7, 11) is 0. The lowest BCUT2D eigenvalue weighted by atomic mass is 10.0. The van der Waals surface area contributed by atoms with Crippen molar-refractivity contribution in [2.45, 2.75) is 45.2 Å². The summed E-state index contributed by atoms with van der Waals surface area (Å²) in [6.45, 7) is 4.88. The molecule has 0 spiro atoms. The van der Waals surface area contributed by atoms with E-state index in [-0.39, 0.29) is 11.9 Å². The van der Waals surface area contributed by atoms with Crippen molar-refractivity contribution < 1.29 is 9.32 Å². The molecule has 144 valence electrons. The fourth-order valence-corrected chi connectivity index (χ4v) is 3.61. The minimum absolute atomic E-state index is 0.115. The molecule has 1 aliphatic heterocycles. The van der Waals surface area contributed by atoms with Crippen LogP contribution in [0.3, 0.4) is 0 Å². The predicted molar refractivity (Wildman–Crippen MR) is 108 cm³/mol. The molecule has 1 amide bonds. The van der Waals surface area contributed by atoms with Gasteiger partial charge < -0.3 is 9.42 Å². The summed E-state index contributed by atoms with van der Waals surface area (Å²) in [5.41, 5.74) is 3.22. The van der Waals surface area contributed by atoms with Gasteiger partial charge in [0.05, 0.1) is 0 Å². The second-order valence-corrected chi connectivity index (χ2v) is 7.87. The van der Waals surface area contributed by atoms with Gasteiger partial charge in [0.1, 0.15) is 6.04 Å². The zero-order valence-corrected chi connectivity index (χ0v) is 16.7. The zero-order valence-electron chi connectivity index (χ0n) is 15.9. The molecular formula is C22H22ClN3O2. The first-order valence-electron chi connectivity index (χ1n) is 9.49. The molecule has 28 heavy (non-hydrogen) atoms. The molecule has 3 aromatic rings. The van der Waals surface area contributed by atoms with E-state index in [0.717, 1.165) is 11.1 Å². The molecule has 1 saturated heterocycles. The lowest BCUT2D eigenvalue weighted by Gasteiger charge is -2.22. The van der Waals surface area contributed by atoms with Gasteiger partial charge in [-0.15, -0.1) is 0 Å². The molecule has 0 N–H and O–H groups in total. The number of amides is 1. The van der Waals surface area contributed by atoms with Crippen molar-refractivity contribution in [2.75, 3.05) is 0 Å². The van der Waals surface area contributed by atoms with Gasteiger partial charge in [0.25, 0.3) is 0 Å². The van der Waals surface area contributed by atoms with Crippen molar-refractivity contribution in [3.63, 3.8) is 0 Å². The number of hydrogen-bond donors (Lipinski definition) is 0. The predicted octanol–water partition coefficient (Wildman–Crippen LogP) is 5.38. The molecule has 5 nitrogen and oxygen atoms in total. The van der Waals surface area contributed by atoms with Crippen LogP contribution in [0.15, 0.2) is 53.1 Å². The van der Waals surface area contributed by atoms with E-state index in [4.69, 9.17) is 16.1 Å². The lowest BCUT2D eigenvalue weighted by molar-refractivity contribution is -0.129. The maximum Gasteiger partial charge on any atom is 0.249 e. The Morgan fingerprint density at radius 2 is 1.86 bits per heavy atom. The van der Waals surface area contributed by atoms with Gasteiger partial charge in [0.2, 0.25) is 17.6 Å². The highest BCUT2D eigenvalue weighted by Gasteiger charge is 2.36. The number of benzene rings is 2. The van der Waals surface area contributed by atoms with Crippen LogP contribution < -0.4 is 0 Å². The van der Waals surface area contributed by atoms with Gasteiger partial charge >= 0.3 is 0 Å². The maximum absolute atomic E-state index is 12.5. The molecule has 0 radical (unpaired) electrons. The van der Waals surface area contributed by atoms with Crippen LogP contribution in [0.25, 0.3) is 11.4 Å². The molecule has 1 aromatic heterocycles. The Bertz CT molecular complexity index is 964. The van der Waals surface area contributed by atoms with Crippen molar-refractivity contribution in [1.82, 2.24) is 15.0 Å². The van der Waals surface area contributed by atoms with Crippen LogP contribution in [0.4, 0.5) is 0 Å². The van der Waals surface area contributed by atoms with Crippen molar-refractivity contribution in [2.24, 2.45) is 0 Å². The average Bonchev–Trinajstić information content (AvgIpc) is 3.30. The van der Waals surface area contributed by atoms with Crippen LogP contribution in [-0.2, 0) is 11.3 Å². The van der Waals surface area contributed by atoms with Crippen LogP contribution in [0.5, 0.6) is 0 Å². The second-order valence-electron chi connectivity index (χ2n) is 7.44. The molecule has 0 bridgehead atoms. The van der Waals surface area contributed by atoms with Crippen LogP contribution in [0, 0.1) is 0 Å². The molecule has 1 atom stereocenters. The Kier molecular flexibility index (Phi) is 5.18. The highest BCUT2D eigenvalue weighted by molar-refractivity contribution is 6.30. The lowest BCUT2D eigenvalue weighted by Crippen LogP contribution is -2.27. The molecule has 1 aliphatic rings. The normalized spacial score (nSPS) is 16.9. The highest BCUT2D eigenvalue weighted by atomic mass is 35.5. The van der Waals surface area contributed by atoms with E-state index >= 15 is 0 Å². The van der Waals surface area contributed by atoms with Gasteiger partial charge in [-0.05, 0) is 47.7 Å². The Hall–Kier alpha value is -2.66. The molecule has 1 unspecified atom stereocenters. The third-order valence-corrected chi connectivity index (χ3v) is 5.41. The first-order valence-corrected chi connectivity index (χ1v) is 9.87. The number of aromatic nitrogens is 2. The summed E-state index contributed by atoms with van der Waals surface area (Å²) in [4.78, 5) is 18.9. The fourth-order valence-electron chi connectivity index (χ4n) is 3.48. The molecule has 2 heterocycles. The average molecular weight is 396 g/mol. The van der Waals surface area contributed by atoms with Gasteiger partial charge in [-0.2, -0.15) is 4.98 Å². The van der Waals surface area contributed by atoms with Crippen LogP contribution in [-0.4, -0.2) is 20.9 Å². The number of carbonyl (C=O) groups excluding carboxylic acids is 1. The molecular weight excluding hydrogens is 374 g/mol. The number of rotatable bonds is 5. The van der Waals surface area contributed by atoms with Crippen molar-refractivity contribution in [3.05, 3.63) is 70.6 Å². The topological polar surface area (TPSA) is 59.2 Å². The summed E-state index contributed by atoms with van der Waals surface area (Å²) in [6, 6.07) is 15.5. The smallest absolute Gasteiger partial charge is 0.249 e. The van der Waals surface area contributed by atoms with Gasteiger partial charge in [0, 0.05) is 23.6 Å². The highest BCUT2D eigenvalue weighted by Crippen LogP contribution is 2.34. The van der Waals surface area contributed by atoms with Crippen molar-refractivity contribution >= 4 is 17.5 Å². The van der Waals surface area contributed by atoms with Gasteiger partial charge in [-0.3, -0.25) is 4.79 Å². The molecule has 2 aromatic carbocycles. The number of hydrogen-bond acceptors (Lipinski definition) is 4. The largest absolute Gasteiger partial charge is 0.337 e. The Balaban J connectivity index is 1.54. The van der Waals surface area contributed by atoms with Gasteiger partial charge in [-0.1, -0.05) is 54.9 Å². The second kappa shape index (κ2) is 7.76. The van der Waals surface area contributed by atoms with Crippen LogP contribution in [0.1, 0.15) is 55.7 Å². The van der Waals surface area contributed by atoms with E-state index in [0.29, 0.717) is 42.0 Å². The third kappa shape index (κ3) is 3.80. The number of carbonyl (C=O) groups is 1. The van der Waals surface area contributed by atoms with E-state index in [2.05, 4.69) is 48.3 Å². The van der Waals surface area contributed by atoms with E-state index in [1.54, 1.807) is 12.1 Å². The van der Waals surface area contributed by atoms with Crippen molar-refractivity contribution in [3.8, 4) is 11.4 Å². The maximum atomic E-state index is 12.5. The van der Waals surface area contributed by atoms with Gasteiger partial charge in [-0.25, -0.2) is 0 Å². The summed E-state index contributed by atoms with van der Waals surface area (Å²) in [5, 5.41) is 4.75. The van der Waals surface area contributed by atoms with Crippen molar-refractivity contribution in [1.29, 1.82) is 0 Å².